The van der Waals surface area contributed by atoms with Gasteiger partial charge in [-0.2, -0.15) is 0 Å². The fraction of sp³-hybridized carbons (Fsp3) is 0.438. The highest BCUT2D eigenvalue weighted by Crippen LogP contribution is 2.33. The molecule has 0 bridgehead atoms. The maximum atomic E-state index is 6.05. The van der Waals surface area contributed by atoms with Gasteiger partial charge >= 0.3 is 0 Å². The van der Waals surface area contributed by atoms with Crippen LogP contribution >= 0.6 is 0 Å². The van der Waals surface area contributed by atoms with E-state index in [0.29, 0.717) is 6.04 Å². The molecule has 1 aliphatic carbocycles. The van der Waals surface area contributed by atoms with Crippen LogP contribution in [0.4, 0.5) is 11.4 Å². The largest absolute Gasteiger partial charge is 0.398 e. The van der Waals surface area contributed by atoms with Gasteiger partial charge in [-0.3, -0.25) is 4.98 Å². The van der Waals surface area contributed by atoms with Gasteiger partial charge in [-0.15, -0.1) is 0 Å². The summed E-state index contributed by atoms with van der Waals surface area (Å²) in [7, 11) is 2.21. The number of anilines is 2. The predicted molar refractivity (Wildman–Crippen MR) is 81.4 cm³/mol. The van der Waals surface area contributed by atoms with Crippen molar-refractivity contribution in [1.82, 2.24) is 4.98 Å². The molecule has 0 unspecified atom stereocenters. The number of fused-ring (bicyclic) bond motifs is 1. The van der Waals surface area contributed by atoms with Crippen LogP contribution in [0, 0.1) is 0 Å². The first-order valence-corrected chi connectivity index (χ1v) is 7.12. The van der Waals surface area contributed by atoms with E-state index in [4.69, 9.17) is 5.73 Å². The number of nitrogens with zero attached hydrogens (tertiary/aromatic N) is 2. The number of nitrogens with two attached hydrogens (primary N) is 1. The first-order valence-electron chi connectivity index (χ1n) is 7.12. The second-order valence-electron chi connectivity index (χ2n) is 5.50. The Morgan fingerprint density at radius 3 is 2.68 bits per heavy atom. The Labute approximate surface area is 114 Å². The summed E-state index contributed by atoms with van der Waals surface area (Å²) in [4.78, 5) is 6.62. The Hall–Kier alpha value is -1.77. The molecule has 1 aromatic carbocycles. The number of rotatable bonds is 2. The zero-order valence-corrected chi connectivity index (χ0v) is 11.5. The number of aromatic nitrogens is 1. The highest BCUT2D eigenvalue weighted by atomic mass is 15.1. The van der Waals surface area contributed by atoms with Gasteiger partial charge in [0, 0.05) is 47.6 Å². The van der Waals surface area contributed by atoms with E-state index in [1.165, 1.54) is 43.2 Å². The Balaban J connectivity index is 2.02. The molecular formula is C16H21N3. The zero-order valence-electron chi connectivity index (χ0n) is 11.5. The summed E-state index contributed by atoms with van der Waals surface area (Å²) in [5, 5.41) is 2.27. The van der Waals surface area contributed by atoms with Gasteiger partial charge in [-0.25, -0.2) is 0 Å². The molecule has 0 spiro atoms. The molecule has 100 valence electrons. The fourth-order valence-corrected chi connectivity index (χ4v) is 3.17. The van der Waals surface area contributed by atoms with Crippen molar-refractivity contribution in [3.05, 3.63) is 30.6 Å². The lowest BCUT2D eigenvalue weighted by atomic mass is 9.93. The molecule has 0 radical (unpaired) electrons. The van der Waals surface area contributed by atoms with Gasteiger partial charge in [0.15, 0.2) is 0 Å². The average molecular weight is 255 g/mol. The average Bonchev–Trinajstić information content (AvgIpc) is 2.48. The van der Waals surface area contributed by atoms with E-state index in [0.717, 1.165) is 11.1 Å². The van der Waals surface area contributed by atoms with Gasteiger partial charge in [0.05, 0.1) is 0 Å². The fourth-order valence-electron chi connectivity index (χ4n) is 3.17. The van der Waals surface area contributed by atoms with Crippen LogP contribution in [0.2, 0.25) is 0 Å². The van der Waals surface area contributed by atoms with Crippen LogP contribution in [0.3, 0.4) is 0 Å². The second kappa shape index (κ2) is 5.08. The Bertz CT molecular complexity index is 573. The molecule has 1 heterocycles. The molecule has 3 rings (SSSR count). The van der Waals surface area contributed by atoms with Crippen molar-refractivity contribution in [3.8, 4) is 0 Å². The van der Waals surface area contributed by atoms with Gasteiger partial charge in [0.2, 0.25) is 0 Å². The van der Waals surface area contributed by atoms with E-state index in [-0.39, 0.29) is 0 Å². The lowest BCUT2D eigenvalue weighted by Crippen LogP contribution is -2.33. The molecule has 2 aromatic rings. The van der Waals surface area contributed by atoms with Crippen molar-refractivity contribution in [1.29, 1.82) is 0 Å². The van der Waals surface area contributed by atoms with E-state index >= 15 is 0 Å². The standard InChI is InChI=1S/C16H21N3/c1-19(12-5-3-2-4-6-12)16-8-7-15(17)14-11-18-10-9-13(14)16/h7-12H,2-6,17H2,1H3. The molecule has 0 atom stereocenters. The normalized spacial score (nSPS) is 16.7. The van der Waals surface area contributed by atoms with Crippen LogP contribution in [0.5, 0.6) is 0 Å². The number of hydrogen-bond acceptors (Lipinski definition) is 3. The summed E-state index contributed by atoms with van der Waals surface area (Å²) < 4.78 is 0. The lowest BCUT2D eigenvalue weighted by molar-refractivity contribution is 0.428. The van der Waals surface area contributed by atoms with Gasteiger partial charge in [-0.1, -0.05) is 19.3 Å². The first-order chi connectivity index (χ1) is 9.27. The molecule has 1 saturated carbocycles. The van der Waals surface area contributed by atoms with Gasteiger partial charge in [-0.05, 0) is 31.0 Å². The Morgan fingerprint density at radius 1 is 1.11 bits per heavy atom. The van der Waals surface area contributed by atoms with Crippen molar-refractivity contribution in [2.24, 2.45) is 0 Å². The summed E-state index contributed by atoms with van der Waals surface area (Å²) >= 11 is 0. The molecule has 0 amide bonds. The van der Waals surface area contributed by atoms with Crippen LogP contribution in [0.25, 0.3) is 10.8 Å². The smallest absolute Gasteiger partial charge is 0.0448 e. The van der Waals surface area contributed by atoms with Crippen molar-refractivity contribution in [2.45, 2.75) is 38.1 Å². The zero-order chi connectivity index (χ0) is 13.2. The summed E-state index contributed by atoms with van der Waals surface area (Å²) in [5.74, 6) is 0. The molecule has 1 aromatic heterocycles. The van der Waals surface area contributed by atoms with Gasteiger partial charge < -0.3 is 10.6 Å². The van der Waals surface area contributed by atoms with Crippen molar-refractivity contribution in [3.63, 3.8) is 0 Å². The van der Waals surface area contributed by atoms with Gasteiger partial charge in [0.25, 0.3) is 0 Å². The van der Waals surface area contributed by atoms with E-state index in [2.05, 4.69) is 29.1 Å². The molecule has 0 saturated heterocycles. The first kappa shape index (κ1) is 12.3. The minimum atomic E-state index is 0.661. The van der Waals surface area contributed by atoms with Crippen LogP contribution in [-0.2, 0) is 0 Å². The summed E-state index contributed by atoms with van der Waals surface area (Å²) in [6.45, 7) is 0. The highest BCUT2D eigenvalue weighted by molar-refractivity contribution is 6.00. The van der Waals surface area contributed by atoms with Crippen molar-refractivity contribution < 1.29 is 0 Å². The molecule has 0 aliphatic heterocycles. The predicted octanol–water partition coefficient (Wildman–Crippen LogP) is 3.59. The third-order valence-corrected chi connectivity index (χ3v) is 4.33. The van der Waals surface area contributed by atoms with E-state index < -0.39 is 0 Å². The maximum Gasteiger partial charge on any atom is 0.0448 e. The molecule has 1 fully saturated rings. The molecule has 1 aliphatic rings. The topological polar surface area (TPSA) is 42.1 Å². The summed E-state index contributed by atoms with van der Waals surface area (Å²) in [5.41, 5.74) is 8.13. The van der Waals surface area contributed by atoms with Crippen LogP contribution in [0.15, 0.2) is 30.6 Å². The molecule has 19 heavy (non-hydrogen) atoms. The van der Waals surface area contributed by atoms with E-state index in [1.54, 1.807) is 0 Å². The minimum Gasteiger partial charge on any atom is -0.398 e. The van der Waals surface area contributed by atoms with E-state index in [1.807, 2.05) is 18.5 Å². The molecular weight excluding hydrogens is 234 g/mol. The number of hydrogen-bond donors (Lipinski definition) is 1. The Kier molecular flexibility index (Phi) is 3.28. The minimum absolute atomic E-state index is 0.661. The molecule has 3 heteroatoms. The SMILES string of the molecule is CN(c1ccc(N)c2cnccc12)C1CCCCC1. The van der Waals surface area contributed by atoms with Crippen molar-refractivity contribution >= 4 is 22.1 Å². The van der Waals surface area contributed by atoms with Crippen LogP contribution in [-0.4, -0.2) is 18.1 Å². The van der Waals surface area contributed by atoms with Crippen LogP contribution < -0.4 is 10.6 Å². The summed E-state index contributed by atoms with van der Waals surface area (Å²) in [6.07, 6.45) is 10.4. The second-order valence-corrected chi connectivity index (χ2v) is 5.50. The molecule has 3 nitrogen and oxygen atoms in total. The maximum absolute atomic E-state index is 6.05. The third-order valence-electron chi connectivity index (χ3n) is 4.33. The lowest BCUT2D eigenvalue weighted by Gasteiger charge is -2.33. The van der Waals surface area contributed by atoms with Crippen LogP contribution in [0.1, 0.15) is 32.1 Å². The molecule has 2 N–H and O–H groups in total. The summed E-state index contributed by atoms with van der Waals surface area (Å²) in [6, 6.07) is 6.87. The van der Waals surface area contributed by atoms with E-state index in [9.17, 15) is 0 Å². The third kappa shape index (κ3) is 2.25. The Morgan fingerprint density at radius 2 is 1.89 bits per heavy atom. The van der Waals surface area contributed by atoms with Gasteiger partial charge in [0.1, 0.15) is 0 Å². The quantitative estimate of drug-likeness (QED) is 0.834. The number of pyridine rings is 1. The number of benzene rings is 1. The monoisotopic (exact) mass is 255 g/mol. The number of nitrogen functional groups attached to an aromatic ring is 1. The highest BCUT2D eigenvalue weighted by Gasteiger charge is 2.19. The van der Waals surface area contributed by atoms with Crippen molar-refractivity contribution in [2.75, 3.05) is 17.7 Å².